The van der Waals surface area contributed by atoms with E-state index >= 15 is 0 Å². The minimum Gasteiger partial charge on any atom is -0.478 e. The molecule has 0 aliphatic carbocycles. The summed E-state index contributed by atoms with van der Waals surface area (Å²) in [7, 11) is -8.44. The van der Waals surface area contributed by atoms with E-state index in [9.17, 15) is 35.5 Å². The summed E-state index contributed by atoms with van der Waals surface area (Å²) in [5, 5.41) is 9.29. The predicted octanol–water partition coefficient (Wildman–Crippen LogP) is 3.26. The first kappa shape index (κ1) is 22.2. The normalized spacial score (nSPS) is 11.7. The Morgan fingerprint density at radius 3 is 1.35 bits per heavy atom. The van der Waals surface area contributed by atoms with Gasteiger partial charge in [-0.25, -0.2) is 30.4 Å². The molecular formula is C19H14F2N2O6S2. The second kappa shape index (κ2) is 8.32. The molecule has 3 aromatic rings. The molecular weight excluding hydrogens is 454 g/mol. The fourth-order valence-electron chi connectivity index (χ4n) is 2.52. The predicted molar refractivity (Wildman–Crippen MR) is 108 cm³/mol. The smallest absolute Gasteiger partial charge is 0.335 e. The highest BCUT2D eigenvalue weighted by atomic mass is 32.2. The molecule has 31 heavy (non-hydrogen) atoms. The molecule has 0 bridgehead atoms. The number of benzene rings is 3. The molecule has 0 heterocycles. The highest BCUT2D eigenvalue weighted by Gasteiger charge is 2.19. The fraction of sp³-hybridized carbons (Fsp3) is 0. The van der Waals surface area contributed by atoms with Gasteiger partial charge < -0.3 is 5.11 Å². The van der Waals surface area contributed by atoms with Crippen LogP contribution in [0, 0.1) is 11.6 Å². The molecule has 0 aromatic heterocycles. The second-order valence-electron chi connectivity index (χ2n) is 6.22. The van der Waals surface area contributed by atoms with E-state index in [-0.39, 0.29) is 21.2 Å². The number of carbonyl (C=O) groups is 1. The van der Waals surface area contributed by atoms with E-state index in [4.69, 9.17) is 0 Å². The Kier molecular flexibility index (Phi) is 5.95. The van der Waals surface area contributed by atoms with Crippen LogP contribution in [0.2, 0.25) is 0 Å². The van der Waals surface area contributed by atoms with E-state index in [0.717, 1.165) is 66.7 Å². The van der Waals surface area contributed by atoms with E-state index in [1.807, 2.05) is 0 Å². The fourth-order valence-corrected chi connectivity index (χ4v) is 4.61. The van der Waals surface area contributed by atoms with E-state index in [2.05, 4.69) is 9.44 Å². The third-order valence-electron chi connectivity index (χ3n) is 3.93. The van der Waals surface area contributed by atoms with Gasteiger partial charge in [0.1, 0.15) is 11.6 Å². The highest BCUT2D eigenvalue weighted by Crippen LogP contribution is 2.25. The van der Waals surface area contributed by atoms with Crippen molar-refractivity contribution in [2.24, 2.45) is 0 Å². The Labute approximate surface area is 176 Å². The molecule has 3 aromatic carbocycles. The molecule has 12 heteroatoms. The summed E-state index contributed by atoms with van der Waals surface area (Å²) in [6.07, 6.45) is 0. The Morgan fingerprint density at radius 1 is 0.677 bits per heavy atom. The Morgan fingerprint density at radius 2 is 1.03 bits per heavy atom. The largest absolute Gasteiger partial charge is 0.478 e. The molecule has 0 atom stereocenters. The van der Waals surface area contributed by atoms with Gasteiger partial charge in [-0.2, -0.15) is 0 Å². The monoisotopic (exact) mass is 468 g/mol. The van der Waals surface area contributed by atoms with Gasteiger partial charge in [-0.15, -0.1) is 0 Å². The molecule has 3 rings (SSSR count). The number of rotatable bonds is 7. The topological polar surface area (TPSA) is 130 Å². The van der Waals surface area contributed by atoms with Crippen LogP contribution >= 0.6 is 0 Å². The van der Waals surface area contributed by atoms with Crippen LogP contribution in [0.15, 0.2) is 76.5 Å². The zero-order valence-corrected chi connectivity index (χ0v) is 17.0. The van der Waals surface area contributed by atoms with Crippen LogP contribution in [0.5, 0.6) is 0 Å². The number of hydrogen-bond acceptors (Lipinski definition) is 5. The van der Waals surface area contributed by atoms with Gasteiger partial charge in [0.15, 0.2) is 0 Å². The van der Waals surface area contributed by atoms with Crippen LogP contribution < -0.4 is 9.44 Å². The van der Waals surface area contributed by atoms with E-state index in [0.29, 0.717) is 0 Å². The summed E-state index contributed by atoms with van der Waals surface area (Å²) in [5.41, 5.74) is -0.904. The van der Waals surface area contributed by atoms with Crippen molar-refractivity contribution >= 4 is 37.4 Å². The third kappa shape index (κ3) is 5.35. The van der Waals surface area contributed by atoms with Crippen molar-refractivity contribution in [2.75, 3.05) is 9.44 Å². The first-order chi connectivity index (χ1) is 14.5. The molecule has 0 saturated carbocycles. The average Bonchev–Trinajstić information content (AvgIpc) is 2.67. The van der Waals surface area contributed by atoms with E-state index in [1.54, 1.807) is 0 Å². The van der Waals surface area contributed by atoms with Crippen LogP contribution in [0.4, 0.5) is 20.2 Å². The molecule has 0 unspecified atom stereocenters. The van der Waals surface area contributed by atoms with E-state index in [1.165, 1.54) is 0 Å². The number of aromatic carboxylic acids is 1. The number of halogens is 2. The summed E-state index contributed by atoms with van der Waals surface area (Å²) in [5.74, 6) is -2.74. The highest BCUT2D eigenvalue weighted by molar-refractivity contribution is 7.93. The number of nitrogens with one attached hydrogen (secondary N) is 2. The van der Waals surface area contributed by atoms with Gasteiger partial charge in [-0.3, -0.25) is 9.44 Å². The van der Waals surface area contributed by atoms with Crippen molar-refractivity contribution in [2.45, 2.75) is 9.79 Å². The lowest BCUT2D eigenvalue weighted by Gasteiger charge is -2.13. The van der Waals surface area contributed by atoms with Crippen molar-refractivity contribution in [3.05, 3.63) is 83.9 Å². The molecule has 0 saturated heterocycles. The van der Waals surface area contributed by atoms with Crippen LogP contribution in [0.25, 0.3) is 0 Å². The Bertz CT molecular complexity index is 1250. The second-order valence-corrected chi connectivity index (χ2v) is 9.59. The minimum atomic E-state index is -4.22. The van der Waals surface area contributed by atoms with Crippen LogP contribution in [0.3, 0.4) is 0 Å². The van der Waals surface area contributed by atoms with Gasteiger partial charge in [0.25, 0.3) is 20.0 Å². The summed E-state index contributed by atoms with van der Waals surface area (Å²) in [6.45, 7) is 0. The van der Waals surface area contributed by atoms with Crippen molar-refractivity contribution in [3.8, 4) is 0 Å². The molecule has 0 radical (unpaired) electrons. The van der Waals surface area contributed by atoms with Gasteiger partial charge in [-0.05, 0) is 66.7 Å². The van der Waals surface area contributed by atoms with Crippen LogP contribution in [-0.2, 0) is 20.0 Å². The summed E-state index contributed by atoms with van der Waals surface area (Å²) in [4.78, 5) is 10.8. The molecule has 8 nitrogen and oxygen atoms in total. The molecule has 3 N–H and O–H groups in total. The molecule has 0 aliphatic rings. The van der Waals surface area contributed by atoms with Gasteiger partial charge >= 0.3 is 5.97 Å². The van der Waals surface area contributed by atoms with Crippen LogP contribution in [0.1, 0.15) is 10.4 Å². The SMILES string of the molecule is O=C(O)c1cc(NS(=O)(=O)c2ccc(F)cc2)cc(NS(=O)(=O)c2ccc(F)cc2)c1. The standard InChI is InChI=1S/C19H14F2N2O6S2/c20-13-1-5-17(6-2-13)30(26,27)22-15-9-12(19(24)25)10-16(11-15)23-31(28,29)18-7-3-14(21)4-8-18/h1-11,22-23H,(H,24,25). The number of carboxylic acid groups (broad SMARTS) is 1. The first-order valence-electron chi connectivity index (χ1n) is 8.41. The summed E-state index contributed by atoms with van der Waals surface area (Å²) >= 11 is 0. The van der Waals surface area contributed by atoms with Gasteiger partial charge in [0, 0.05) is 0 Å². The zero-order valence-electron chi connectivity index (χ0n) is 15.4. The molecule has 0 aliphatic heterocycles. The lowest BCUT2D eigenvalue weighted by atomic mass is 10.2. The number of hydrogen-bond donors (Lipinski definition) is 3. The maximum absolute atomic E-state index is 13.0. The lowest BCUT2D eigenvalue weighted by molar-refractivity contribution is 0.0697. The minimum absolute atomic E-state index is 0.249. The third-order valence-corrected chi connectivity index (χ3v) is 6.73. The van der Waals surface area contributed by atoms with Gasteiger partial charge in [0.2, 0.25) is 0 Å². The zero-order chi connectivity index (χ0) is 22.8. The van der Waals surface area contributed by atoms with Crippen molar-refractivity contribution < 1.29 is 35.5 Å². The van der Waals surface area contributed by atoms with Gasteiger partial charge in [0.05, 0.1) is 26.7 Å². The molecule has 0 spiro atoms. The van der Waals surface area contributed by atoms with Crippen molar-refractivity contribution in [1.82, 2.24) is 0 Å². The molecule has 162 valence electrons. The van der Waals surface area contributed by atoms with Crippen LogP contribution in [-0.4, -0.2) is 27.9 Å². The van der Waals surface area contributed by atoms with Crippen molar-refractivity contribution in [3.63, 3.8) is 0 Å². The average molecular weight is 468 g/mol. The summed E-state index contributed by atoms with van der Waals surface area (Å²) < 4.78 is 80.3. The summed E-state index contributed by atoms with van der Waals surface area (Å²) in [6, 6.07) is 10.8. The lowest BCUT2D eigenvalue weighted by Crippen LogP contribution is -2.16. The Hall–Kier alpha value is -3.51. The number of sulfonamides is 2. The maximum atomic E-state index is 13.0. The molecule has 0 fully saturated rings. The first-order valence-corrected chi connectivity index (χ1v) is 11.4. The number of carboxylic acids is 1. The van der Waals surface area contributed by atoms with Crippen molar-refractivity contribution in [1.29, 1.82) is 0 Å². The number of anilines is 2. The maximum Gasteiger partial charge on any atom is 0.335 e. The van der Waals surface area contributed by atoms with Gasteiger partial charge in [-0.1, -0.05) is 0 Å². The Balaban J connectivity index is 1.97. The molecule has 0 amide bonds. The van der Waals surface area contributed by atoms with E-state index < -0.39 is 43.2 Å². The quantitative estimate of drug-likeness (QED) is 0.488.